The monoisotopic (exact) mass is 480 g/mol. The van der Waals surface area contributed by atoms with Gasteiger partial charge in [0.05, 0.1) is 22.3 Å². The van der Waals surface area contributed by atoms with Crippen LogP contribution in [0.2, 0.25) is 0 Å². The molecule has 8 heteroatoms. The van der Waals surface area contributed by atoms with Crippen LogP contribution in [0.4, 0.5) is 11.6 Å². The van der Waals surface area contributed by atoms with Crippen molar-refractivity contribution in [3.8, 4) is 0 Å². The lowest BCUT2D eigenvalue weighted by molar-refractivity contribution is 0.173. The third-order valence-electron chi connectivity index (χ3n) is 6.75. The minimum atomic E-state index is -0.563. The van der Waals surface area contributed by atoms with E-state index in [0.29, 0.717) is 45.9 Å². The fourth-order valence-electron chi connectivity index (χ4n) is 4.98. The van der Waals surface area contributed by atoms with E-state index in [1.54, 1.807) is 24.3 Å². The van der Waals surface area contributed by atoms with E-state index >= 15 is 0 Å². The number of benzene rings is 3. The van der Waals surface area contributed by atoms with Gasteiger partial charge in [-0.25, -0.2) is 4.98 Å². The van der Waals surface area contributed by atoms with Gasteiger partial charge in [0.2, 0.25) is 5.88 Å². The van der Waals surface area contributed by atoms with Crippen LogP contribution in [0.5, 0.6) is 0 Å². The second kappa shape index (κ2) is 8.27. The number of rotatable bonds is 4. The second-order valence-electron chi connectivity index (χ2n) is 9.26. The third kappa shape index (κ3) is 3.58. The molecule has 5 aromatic rings. The van der Waals surface area contributed by atoms with Crippen molar-refractivity contribution in [1.82, 2.24) is 9.71 Å². The summed E-state index contributed by atoms with van der Waals surface area (Å²) in [6.45, 7) is 5.23. The molecule has 0 saturated carbocycles. The van der Waals surface area contributed by atoms with Crippen LogP contribution in [0.3, 0.4) is 0 Å². The minimum absolute atomic E-state index is 0.100. The Bertz CT molecular complexity index is 1750. The second-order valence-corrected chi connectivity index (χ2v) is 9.26. The molecule has 3 aromatic carbocycles. The Kier molecular flexibility index (Phi) is 5.03. The highest BCUT2D eigenvalue weighted by Gasteiger charge is 2.23. The van der Waals surface area contributed by atoms with Crippen molar-refractivity contribution in [2.45, 2.75) is 33.0 Å². The smallest absolute Gasteiger partial charge is 0.295 e. The van der Waals surface area contributed by atoms with Crippen LogP contribution in [-0.2, 0) is 13.1 Å². The van der Waals surface area contributed by atoms with Crippen molar-refractivity contribution in [3.05, 3.63) is 110 Å². The topological polar surface area (TPSA) is 101 Å². The molecular weight excluding hydrogens is 456 g/mol. The van der Waals surface area contributed by atoms with E-state index in [-0.39, 0.29) is 16.9 Å². The summed E-state index contributed by atoms with van der Waals surface area (Å²) < 4.78 is 6.87. The summed E-state index contributed by atoms with van der Waals surface area (Å²) in [6.07, 6.45) is 1.08. The number of nitrogens with zero attached hydrogens (tertiary/aromatic N) is 3. The molecule has 0 aliphatic carbocycles. The molecule has 0 saturated heterocycles. The van der Waals surface area contributed by atoms with Crippen molar-refractivity contribution >= 4 is 33.4 Å². The molecule has 1 aliphatic rings. The van der Waals surface area contributed by atoms with Gasteiger partial charge in [-0.3, -0.25) is 9.59 Å². The molecule has 8 nitrogen and oxygen atoms in total. The normalized spacial score (nSPS) is 13.8. The first-order valence-corrected chi connectivity index (χ1v) is 11.8. The number of aromatic nitrogens is 2. The Balaban J connectivity index is 1.44. The SMILES string of the molecule is Cc1cc(C(C)Nc2cccc3ncn(O)c(=O)c23)c2oc(N3Cc4ccccc4C3)cc(=O)c2c1. The zero-order valence-corrected chi connectivity index (χ0v) is 19.9. The van der Waals surface area contributed by atoms with E-state index in [2.05, 4.69) is 27.3 Å². The molecule has 0 spiro atoms. The first-order chi connectivity index (χ1) is 17.4. The lowest BCUT2D eigenvalue weighted by atomic mass is 10.0. The number of hydrogen-bond acceptors (Lipinski definition) is 7. The molecule has 1 unspecified atom stereocenters. The number of fused-ring (bicyclic) bond motifs is 3. The summed E-state index contributed by atoms with van der Waals surface area (Å²) in [6, 6.07) is 18.6. The predicted molar refractivity (Wildman–Crippen MR) is 139 cm³/mol. The Morgan fingerprint density at radius 3 is 2.53 bits per heavy atom. The molecule has 6 rings (SSSR count). The Hall–Kier alpha value is -4.59. The fourth-order valence-corrected chi connectivity index (χ4v) is 4.98. The maximum absolute atomic E-state index is 13.2. The van der Waals surface area contributed by atoms with Crippen molar-refractivity contribution < 1.29 is 9.62 Å². The molecule has 36 heavy (non-hydrogen) atoms. The highest BCUT2D eigenvalue weighted by molar-refractivity contribution is 5.91. The molecule has 0 fully saturated rings. The van der Waals surface area contributed by atoms with Crippen LogP contribution in [0.1, 0.15) is 35.2 Å². The van der Waals surface area contributed by atoms with E-state index in [4.69, 9.17) is 4.42 Å². The standard InChI is InChI=1S/C28H24N4O4/c1-16-10-20(17(2)30-23-9-5-8-22-26(23)28(34)32(35)15-29-22)27-21(11-16)24(33)12-25(36-27)31-13-18-6-3-4-7-19(18)14-31/h3-12,15,17,30,35H,13-14H2,1-2H3. The zero-order chi connectivity index (χ0) is 25.0. The van der Waals surface area contributed by atoms with Gasteiger partial charge in [0.15, 0.2) is 5.43 Å². The maximum atomic E-state index is 13.2. The molecule has 1 atom stereocenters. The van der Waals surface area contributed by atoms with E-state index in [1.807, 2.05) is 38.1 Å². The van der Waals surface area contributed by atoms with Crippen LogP contribution < -0.4 is 21.2 Å². The van der Waals surface area contributed by atoms with Gasteiger partial charge in [0.25, 0.3) is 5.56 Å². The average Bonchev–Trinajstić information content (AvgIpc) is 3.31. The molecule has 1 aliphatic heterocycles. The van der Waals surface area contributed by atoms with Crippen molar-refractivity contribution in [3.63, 3.8) is 0 Å². The van der Waals surface area contributed by atoms with E-state index < -0.39 is 5.56 Å². The minimum Gasteiger partial charge on any atom is -0.440 e. The largest absolute Gasteiger partial charge is 0.440 e. The molecule has 2 aromatic heterocycles. The summed E-state index contributed by atoms with van der Waals surface area (Å²) in [7, 11) is 0. The van der Waals surface area contributed by atoms with Crippen molar-refractivity contribution in [1.29, 1.82) is 0 Å². The van der Waals surface area contributed by atoms with Crippen LogP contribution in [-0.4, -0.2) is 14.9 Å². The third-order valence-corrected chi connectivity index (χ3v) is 6.75. The fraction of sp³-hybridized carbons (Fsp3) is 0.179. The number of nitrogens with one attached hydrogen (secondary N) is 1. The predicted octanol–water partition coefficient (Wildman–Crippen LogP) is 4.74. The van der Waals surface area contributed by atoms with Gasteiger partial charge in [0.1, 0.15) is 11.9 Å². The lowest BCUT2D eigenvalue weighted by Crippen LogP contribution is -2.20. The molecule has 3 heterocycles. The number of aryl methyl sites for hydroxylation is 1. The molecule has 0 radical (unpaired) electrons. The van der Waals surface area contributed by atoms with E-state index in [1.165, 1.54) is 11.1 Å². The van der Waals surface area contributed by atoms with Gasteiger partial charge in [-0.1, -0.05) is 36.4 Å². The molecule has 0 bridgehead atoms. The molecular formula is C28H24N4O4. The summed E-state index contributed by atoms with van der Waals surface area (Å²) in [5, 5.41) is 14.0. The highest BCUT2D eigenvalue weighted by Crippen LogP contribution is 2.33. The van der Waals surface area contributed by atoms with Gasteiger partial charge in [-0.2, -0.15) is 0 Å². The average molecular weight is 481 g/mol. The van der Waals surface area contributed by atoms with Crippen LogP contribution >= 0.6 is 0 Å². The van der Waals surface area contributed by atoms with E-state index in [0.717, 1.165) is 17.5 Å². The van der Waals surface area contributed by atoms with Crippen LogP contribution in [0.25, 0.3) is 21.9 Å². The quantitative estimate of drug-likeness (QED) is 0.358. The summed E-state index contributed by atoms with van der Waals surface area (Å²) >= 11 is 0. The molecule has 0 amide bonds. The van der Waals surface area contributed by atoms with Crippen molar-refractivity contribution in [2.75, 3.05) is 10.2 Å². The first kappa shape index (κ1) is 21.9. The van der Waals surface area contributed by atoms with Crippen LogP contribution in [0, 0.1) is 6.92 Å². The van der Waals surface area contributed by atoms with Gasteiger partial charge >= 0.3 is 0 Å². The lowest BCUT2D eigenvalue weighted by Gasteiger charge is -2.21. The van der Waals surface area contributed by atoms with Crippen LogP contribution in [0.15, 0.2) is 81.0 Å². The zero-order valence-electron chi connectivity index (χ0n) is 19.9. The van der Waals surface area contributed by atoms with E-state index in [9.17, 15) is 14.8 Å². The molecule has 180 valence electrons. The maximum Gasteiger partial charge on any atom is 0.295 e. The number of hydrogen-bond donors (Lipinski definition) is 2. The van der Waals surface area contributed by atoms with Gasteiger partial charge in [0, 0.05) is 30.4 Å². The van der Waals surface area contributed by atoms with Crippen molar-refractivity contribution in [2.24, 2.45) is 0 Å². The van der Waals surface area contributed by atoms with Gasteiger partial charge < -0.3 is 19.8 Å². The highest BCUT2D eigenvalue weighted by atomic mass is 16.5. The number of anilines is 2. The molecule has 2 N–H and O–H groups in total. The summed E-state index contributed by atoms with van der Waals surface area (Å²) in [5.74, 6) is 0.526. The Morgan fingerprint density at radius 1 is 1.03 bits per heavy atom. The van der Waals surface area contributed by atoms with Gasteiger partial charge in [-0.05, 0) is 48.7 Å². The Labute approximate surface area is 206 Å². The summed E-state index contributed by atoms with van der Waals surface area (Å²) in [4.78, 5) is 32.0. The first-order valence-electron chi connectivity index (χ1n) is 11.8. The summed E-state index contributed by atoms with van der Waals surface area (Å²) in [5.41, 5.74) is 5.02. The van der Waals surface area contributed by atoms with Gasteiger partial charge in [-0.15, -0.1) is 4.73 Å². The Morgan fingerprint density at radius 2 is 1.78 bits per heavy atom.